The third kappa shape index (κ3) is 7.44. The van der Waals surface area contributed by atoms with E-state index < -0.39 is 11.9 Å². The zero-order valence-corrected chi connectivity index (χ0v) is 19.0. The van der Waals surface area contributed by atoms with E-state index >= 15 is 0 Å². The molecule has 0 atom stereocenters. The van der Waals surface area contributed by atoms with Crippen molar-refractivity contribution >= 4 is 11.9 Å². The predicted octanol–water partition coefficient (Wildman–Crippen LogP) is 3.95. The highest BCUT2D eigenvalue weighted by Crippen LogP contribution is 2.26. The van der Waals surface area contributed by atoms with E-state index in [1.54, 1.807) is 60.7 Å². The van der Waals surface area contributed by atoms with E-state index in [1.807, 2.05) is 12.1 Å². The lowest BCUT2D eigenvalue weighted by atomic mass is 10.1. The van der Waals surface area contributed by atoms with Crippen molar-refractivity contribution in [3.63, 3.8) is 0 Å². The first-order chi connectivity index (χ1) is 16.6. The molecule has 3 aromatic carbocycles. The van der Waals surface area contributed by atoms with Crippen molar-refractivity contribution in [1.29, 1.82) is 0 Å². The van der Waals surface area contributed by atoms with E-state index in [-0.39, 0.29) is 26.4 Å². The zero-order chi connectivity index (χ0) is 24.2. The number of hydrogen-bond donors (Lipinski definition) is 0. The van der Waals surface area contributed by atoms with E-state index in [4.69, 9.17) is 28.4 Å². The largest absolute Gasteiger partial charge is 0.493 e. The molecule has 0 unspecified atom stereocenters. The summed E-state index contributed by atoms with van der Waals surface area (Å²) in [5.41, 5.74) is 1.58. The molecule has 0 aliphatic heterocycles. The Bertz CT molecular complexity index is 992. The van der Waals surface area contributed by atoms with E-state index in [9.17, 15) is 9.59 Å². The first kappa shape index (κ1) is 24.4. The molecule has 0 bridgehead atoms. The highest BCUT2D eigenvalue weighted by molar-refractivity contribution is 5.71. The fourth-order valence-corrected chi connectivity index (χ4v) is 2.89. The average Bonchev–Trinajstić information content (AvgIpc) is 2.89. The topological polar surface area (TPSA) is 89.5 Å². The molecule has 34 heavy (non-hydrogen) atoms. The maximum atomic E-state index is 12.0. The van der Waals surface area contributed by atoms with Gasteiger partial charge >= 0.3 is 11.9 Å². The van der Waals surface area contributed by atoms with Gasteiger partial charge in [-0.05, 0) is 35.4 Å². The van der Waals surface area contributed by atoms with Gasteiger partial charge in [-0.2, -0.15) is 0 Å². The molecule has 0 heterocycles. The minimum absolute atomic E-state index is 0.0981. The quantitative estimate of drug-likeness (QED) is 0.371. The van der Waals surface area contributed by atoms with Crippen LogP contribution in [0, 0.1) is 0 Å². The fraction of sp³-hybridized carbons (Fsp3) is 0.231. The molecule has 0 aliphatic carbocycles. The normalized spacial score (nSPS) is 10.2. The Hall–Kier alpha value is -4.20. The molecule has 0 spiro atoms. The molecule has 3 aromatic rings. The number of ether oxygens (including phenoxy) is 6. The summed E-state index contributed by atoms with van der Waals surface area (Å²) in [6.07, 6.45) is 0. The van der Waals surface area contributed by atoms with Crippen molar-refractivity contribution in [2.24, 2.45) is 0 Å². The van der Waals surface area contributed by atoms with Crippen LogP contribution in [0.5, 0.6) is 23.0 Å². The van der Waals surface area contributed by atoms with Crippen LogP contribution in [0.1, 0.15) is 11.1 Å². The Balaban J connectivity index is 1.37. The van der Waals surface area contributed by atoms with Crippen LogP contribution < -0.4 is 18.9 Å². The van der Waals surface area contributed by atoms with Crippen LogP contribution >= 0.6 is 0 Å². The van der Waals surface area contributed by atoms with Crippen molar-refractivity contribution in [1.82, 2.24) is 0 Å². The Morgan fingerprint density at radius 3 is 1.26 bits per heavy atom. The van der Waals surface area contributed by atoms with Crippen molar-refractivity contribution < 1.29 is 38.0 Å². The third-order valence-corrected chi connectivity index (χ3v) is 4.65. The van der Waals surface area contributed by atoms with E-state index in [0.29, 0.717) is 23.0 Å². The third-order valence-electron chi connectivity index (χ3n) is 4.65. The van der Waals surface area contributed by atoms with Crippen molar-refractivity contribution in [2.45, 2.75) is 13.2 Å². The summed E-state index contributed by atoms with van der Waals surface area (Å²) in [6.45, 7) is -0.265. The molecular formula is C26H26O8. The molecule has 0 amide bonds. The summed E-state index contributed by atoms with van der Waals surface area (Å²) in [7, 11) is 3.06. The van der Waals surface area contributed by atoms with Gasteiger partial charge < -0.3 is 28.4 Å². The minimum atomic E-state index is -0.501. The second-order valence-corrected chi connectivity index (χ2v) is 7.02. The maximum Gasteiger partial charge on any atom is 0.344 e. The van der Waals surface area contributed by atoms with Gasteiger partial charge in [0.1, 0.15) is 13.2 Å². The first-order valence-corrected chi connectivity index (χ1v) is 10.5. The van der Waals surface area contributed by atoms with Crippen LogP contribution in [0.15, 0.2) is 72.8 Å². The van der Waals surface area contributed by atoms with E-state index in [1.165, 1.54) is 14.2 Å². The minimum Gasteiger partial charge on any atom is -0.493 e. The van der Waals surface area contributed by atoms with Crippen LogP contribution in [-0.4, -0.2) is 39.4 Å². The number of carbonyl (C=O) groups is 2. The summed E-state index contributed by atoms with van der Waals surface area (Å²) in [5.74, 6) is 1.01. The first-order valence-electron chi connectivity index (χ1n) is 10.5. The van der Waals surface area contributed by atoms with E-state index in [2.05, 4.69) is 0 Å². The maximum absolute atomic E-state index is 12.0. The Kier molecular flexibility index (Phi) is 9.16. The van der Waals surface area contributed by atoms with Gasteiger partial charge in [-0.25, -0.2) is 9.59 Å². The monoisotopic (exact) mass is 466 g/mol. The molecule has 0 saturated carbocycles. The highest BCUT2D eigenvalue weighted by atomic mass is 16.6. The van der Waals surface area contributed by atoms with Crippen LogP contribution in [0.4, 0.5) is 0 Å². The van der Waals surface area contributed by atoms with Gasteiger partial charge in [0, 0.05) is 0 Å². The van der Waals surface area contributed by atoms with Crippen LogP contribution in [0.3, 0.4) is 0 Å². The Morgan fingerprint density at radius 2 is 0.912 bits per heavy atom. The summed E-state index contributed by atoms with van der Waals surface area (Å²) < 4.78 is 31.7. The predicted molar refractivity (Wildman–Crippen MR) is 123 cm³/mol. The highest BCUT2D eigenvalue weighted by Gasteiger charge is 2.10. The van der Waals surface area contributed by atoms with Crippen molar-refractivity contribution in [2.75, 3.05) is 27.4 Å². The van der Waals surface area contributed by atoms with Gasteiger partial charge in [0.25, 0.3) is 0 Å². The number of para-hydroxylation sites is 4. The second kappa shape index (κ2) is 12.7. The van der Waals surface area contributed by atoms with Crippen LogP contribution in [0.25, 0.3) is 0 Å². The summed E-state index contributed by atoms with van der Waals surface area (Å²) in [5, 5.41) is 0. The van der Waals surface area contributed by atoms with Gasteiger partial charge in [0.05, 0.1) is 14.2 Å². The Morgan fingerprint density at radius 1 is 0.559 bits per heavy atom. The summed E-state index contributed by atoms with van der Waals surface area (Å²) in [6, 6.07) is 21.3. The average molecular weight is 466 g/mol. The lowest BCUT2D eigenvalue weighted by Gasteiger charge is -2.11. The molecule has 0 aromatic heterocycles. The molecule has 3 rings (SSSR count). The van der Waals surface area contributed by atoms with Crippen molar-refractivity contribution in [3.05, 3.63) is 83.9 Å². The standard InChI is InChI=1S/C26H26O8/c1-29-21-7-3-5-9-23(21)31-17-25(27)33-15-19-11-13-20(14-12-19)16-34-26(28)18-32-24-10-6-4-8-22(24)30-2/h3-14H,15-18H2,1-2H3. The number of carbonyl (C=O) groups excluding carboxylic acids is 2. The van der Waals surface area contributed by atoms with Gasteiger partial charge in [-0.15, -0.1) is 0 Å². The fourth-order valence-electron chi connectivity index (χ4n) is 2.89. The molecule has 8 nitrogen and oxygen atoms in total. The number of methoxy groups -OCH3 is 2. The number of esters is 2. The summed E-state index contributed by atoms with van der Waals surface area (Å²) in [4.78, 5) is 23.9. The number of hydrogen-bond acceptors (Lipinski definition) is 8. The Labute approximate surface area is 197 Å². The lowest BCUT2D eigenvalue weighted by Crippen LogP contribution is -2.15. The molecule has 0 radical (unpaired) electrons. The second-order valence-electron chi connectivity index (χ2n) is 7.02. The molecule has 0 fully saturated rings. The van der Waals surface area contributed by atoms with Crippen LogP contribution in [0.2, 0.25) is 0 Å². The molecule has 0 aliphatic rings. The van der Waals surface area contributed by atoms with Crippen molar-refractivity contribution in [3.8, 4) is 23.0 Å². The SMILES string of the molecule is COc1ccccc1OCC(=O)OCc1ccc(COC(=O)COc2ccccc2OC)cc1. The van der Waals surface area contributed by atoms with Gasteiger partial charge in [0.2, 0.25) is 0 Å². The molecule has 0 N–H and O–H groups in total. The molecular weight excluding hydrogens is 440 g/mol. The smallest absolute Gasteiger partial charge is 0.344 e. The molecule has 0 saturated heterocycles. The van der Waals surface area contributed by atoms with Crippen LogP contribution in [-0.2, 0) is 32.3 Å². The van der Waals surface area contributed by atoms with Gasteiger partial charge in [-0.3, -0.25) is 0 Å². The molecule has 8 heteroatoms. The summed E-state index contributed by atoms with van der Waals surface area (Å²) >= 11 is 0. The number of benzene rings is 3. The van der Waals surface area contributed by atoms with Gasteiger partial charge in [-0.1, -0.05) is 48.5 Å². The lowest BCUT2D eigenvalue weighted by molar-refractivity contribution is -0.148. The number of rotatable bonds is 12. The molecule has 178 valence electrons. The van der Waals surface area contributed by atoms with Gasteiger partial charge in [0.15, 0.2) is 36.2 Å². The zero-order valence-electron chi connectivity index (χ0n) is 19.0. The van der Waals surface area contributed by atoms with E-state index in [0.717, 1.165) is 11.1 Å².